The van der Waals surface area contributed by atoms with Gasteiger partial charge in [-0.1, -0.05) is 0 Å². The minimum Gasteiger partial charge on any atom is -0.491 e. The van der Waals surface area contributed by atoms with E-state index in [4.69, 9.17) is 14.2 Å². The molecule has 1 amide bonds. The highest BCUT2D eigenvalue weighted by molar-refractivity contribution is 5.91. The standard InChI is InChI=1S/C18H20N2O6/c1-2-24-11-12-25-16-7-3-14(4-8-16)19-18(21)13-26-17-9-5-15(6-10-17)20(22)23/h3-10H,2,11-13H2,1H3,(H,19,21). The van der Waals surface area contributed by atoms with Crippen molar-refractivity contribution in [2.24, 2.45) is 0 Å². The first kappa shape index (κ1) is 19.2. The number of nitrogens with one attached hydrogen (secondary N) is 1. The second-order valence-corrected chi connectivity index (χ2v) is 5.16. The van der Waals surface area contributed by atoms with Crippen molar-refractivity contribution in [3.63, 3.8) is 0 Å². The van der Waals surface area contributed by atoms with Gasteiger partial charge in [-0.05, 0) is 43.3 Å². The zero-order valence-electron chi connectivity index (χ0n) is 14.3. The number of ether oxygens (including phenoxy) is 3. The van der Waals surface area contributed by atoms with E-state index in [1.54, 1.807) is 24.3 Å². The molecule has 0 bridgehead atoms. The number of benzene rings is 2. The van der Waals surface area contributed by atoms with Gasteiger partial charge in [0.2, 0.25) is 0 Å². The average molecular weight is 360 g/mol. The molecule has 8 heteroatoms. The molecule has 0 aliphatic carbocycles. The molecule has 2 rings (SSSR count). The lowest BCUT2D eigenvalue weighted by Gasteiger charge is -2.09. The van der Waals surface area contributed by atoms with Gasteiger partial charge in [-0.2, -0.15) is 0 Å². The first-order valence-electron chi connectivity index (χ1n) is 8.06. The summed E-state index contributed by atoms with van der Waals surface area (Å²) >= 11 is 0. The predicted octanol–water partition coefficient (Wildman–Crippen LogP) is 3.03. The quantitative estimate of drug-likeness (QED) is 0.397. The van der Waals surface area contributed by atoms with Crippen molar-refractivity contribution in [1.82, 2.24) is 0 Å². The fourth-order valence-corrected chi connectivity index (χ4v) is 2.01. The molecule has 138 valence electrons. The van der Waals surface area contributed by atoms with Crippen LogP contribution in [0.25, 0.3) is 0 Å². The third-order valence-corrected chi connectivity index (χ3v) is 3.26. The van der Waals surface area contributed by atoms with Crippen molar-refractivity contribution in [3.8, 4) is 11.5 Å². The van der Waals surface area contributed by atoms with E-state index in [0.29, 0.717) is 37.0 Å². The highest BCUT2D eigenvalue weighted by Gasteiger charge is 2.07. The first-order valence-corrected chi connectivity index (χ1v) is 8.06. The molecule has 2 aromatic carbocycles. The summed E-state index contributed by atoms with van der Waals surface area (Å²) in [5, 5.41) is 13.3. The number of hydrogen-bond donors (Lipinski definition) is 1. The summed E-state index contributed by atoms with van der Waals surface area (Å²) < 4.78 is 16.0. The molecule has 8 nitrogen and oxygen atoms in total. The minimum absolute atomic E-state index is 0.0367. The van der Waals surface area contributed by atoms with E-state index in [-0.39, 0.29) is 18.2 Å². The molecule has 0 spiro atoms. The number of non-ortho nitro benzene ring substituents is 1. The van der Waals surface area contributed by atoms with E-state index in [0.717, 1.165) is 0 Å². The third kappa shape index (κ3) is 6.40. The van der Waals surface area contributed by atoms with Gasteiger partial charge in [0.1, 0.15) is 18.1 Å². The van der Waals surface area contributed by atoms with Crippen LogP contribution in [-0.2, 0) is 9.53 Å². The second kappa shape index (κ2) is 10.00. The Morgan fingerprint density at radius 2 is 1.62 bits per heavy atom. The van der Waals surface area contributed by atoms with Crippen LogP contribution in [0.5, 0.6) is 11.5 Å². The van der Waals surface area contributed by atoms with Gasteiger partial charge < -0.3 is 19.5 Å². The van der Waals surface area contributed by atoms with Crippen LogP contribution in [0.3, 0.4) is 0 Å². The van der Waals surface area contributed by atoms with Crippen molar-refractivity contribution in [2.45, 2.75) is 6.92 Å². The van der Waals surface area contributed by atoms with Gasteiger partial charge in [0.25, 0.3) is 11.6 Å². The summed E-state index contributed by atoms with van der Waals surface area (Å²) in [5.41, 5.74) is 0.574. The number of nitro groups is 1. The Morgan fingerprint density at radius 1 is 1.00 bits per heavy atom. The molecule has 0 unspecified atom stereocenters. The molecule has 0 saturated heterocycles. The fraction of sp³-hybridized carbons (Fsp3) is 0.278. The molecule has 2 aromatic rings. The topological polar surface area (TPSA) is 99.9 Å². The molecule has 0 fully saturated rings. The molecular formula is C18H20N2O6. The van der Waals surface area contributed by atoms with Gasteiger partial charge in [-0.15, -0.1) is 0 Å². The summed E-state index contributed by atoms with van der Waals surface area (Å²) in [6.07, 6.45) is 0. The Kier molecular flexibility index (Phi) is 7.38. The van der Waals surface area contributed by atoms with Crippen LogP contribution in [0, 0.1) is 10.1 Å². The van der Waals surface area contributed by atoms with Gasteiger partial charge in [-0.25, -0.2) is 0 Å². The van der Waals surface area contributed by atoms with E-state index in [9.17, 15) is 14.9 Å². The Labute approximate surface area is 150 Å². The molecule has 0 saturated carbocycles. The van der Waals surface area contributed by atoms with Crippen molar-refractivity contribution < 1.29 is 23.9 Å². The summed E-state index contributed by atoms with van der Waals surface area (Å²) in [6.45, 7) is 3.35. The van der Waals surface area contributed by atoms with Crippen LogP contribution >= 0.6 is 0 Å². The Morgan fingerprint density at radius 3 is 2.23 bits per heavy atom. The van der Waals surface area contributed by atoms with Crippen LogP contribution in [-0.4, -0.2) is 37.3 Å². The maximum atomic E-state index is 11.9. The molecule has 26 heavy (non-hydrogen) atoms. The van der Waals surface area contributed by atoms with E-state index in [1.165, 1.54) is 24.3 Å². The molecule has 0 aromatic heterocycles. The SMILES string of the molecule is CCOCCOc1ccc(NC(=O)COc2ccc([N+](=O)[O-])cc2)cc1. The Balaban J connectivity index is 1.75. The third-order valence-electron chi connectivity index (χ3n) is 3.26. The number of nitro benzene ring substituents is 1. The Hall–Kier alpha value is -3.13. The van der Waals surface area contributed by atoms with Crippen LogP contribution in [0.1, 0.15) is 6.92 Å². The van der Waals surface area contributed by atoms with Crippen LogP contribution in [0.4, 0.5) is 11.4 Å². The minimum atomic E-state index is -0.499. The lowest BCUT2D eigenvalue weighted by Crippen LogP contribution is -2.20. The van der Waals surface area contributed by atoms with Crippen LogP contribution in [0.2, 0.25) is 0 Å². The van der Waals surface area contributed by atoms with E-state index in [1.807, 2.05) is 6.92 Å². The highest BCUT2D eigenvalue weighted by atomic mass is 16.6. The average Bonchev–Trinajstić information content (AvgIpc) is 2.65. The number of nitrogens with zero attached hydrogens (tertiary/aromatic N) is 1. The monoisotopic (exact) mass is 360 g/mol. The van der Waals surface area contributed by atoms with Crippen molar-refractivity contribution in [2.75, 3.05) is 31.7 Å². The zero-order chi connectivity index (χ0) is 18.8. The summed E-state index contributed by atoms with van der Waals surface area (Å²) in [4.78, 5) is 22.0. The van der Waals surface area contributed by atoms with E-state index < -0.39 is 4.92 Å². The number of hydrogen-bond acceptors (Lipinski definition) is 6. The van der Waals surface area contributed by atoms with Crippen molar-refractivity contribution >= 4 is 17.3 Å². The van der Waals surface area contributed by atoms with Gasteiger partial charge in [0.05, 0.1) is 11.5 Å². The van der Waals surface area contributed by atoms with Crippen LogP contribution < -0.4 is 14.8 Å². The lowest BCUT2D eigenvalue weighted by atomic mass is 10.3. The number of anilines is 1. The fourth-order valence-electron chi connectivity index (χ4n) is 2.01. The number of carbonyl (C=O) groups is 1. The van der Waals surface area contributed by atoms with Gasteiger partial charge in [0.15, 0.2) is 6.61 Å². The highest BCUT2D eigenvalue weighted by Crippen LogP contribution is 2.18. The van der Waals surface area contributed by atoms with Gasteiger partial charge >= 0.3 is 0 Å². The summed E-state index contributed by atoms with van der Waals surface area (Å²) in [7, 11) is 0. The summed E-state index contributed by atoms with van der Waals surface area (Å²) in [5.74, 6) is 0.724. The normalized spacial score (nSPS) is 10.2. The molecule has 1 N–H and O–H groups in total. The molecule has 0 aliphatic rings. The molecule has 0 aliphatic heterocycles. The maximum absolute atomic E-state index is 11.9. The first-order chi connectivity index (χ1) is 12.6. The second-order valence-electron chi connectivity index (χ2n) is 5.16. The van der Waals surface area contributed by atoms with Crippen LogP contribution in [0.15, 0.2) is 48.5 Å². The van der Waals surface area contributed by atoms with Crippen molar-refractivity contribution in [3.05, 3.63) is 58.6 Å². The zero-order valence-corrected chi connectivity index (χ0v) is 14.3. The van der Waals surface area contributed by atoms with Gasteiger partial charge in [-0.3, -0.25) is 14.9 Å². The molecule has 0 radical (unpaired) electrons. The molecule has 0 atom stereocenters. The molecular weight excluding hydrogens is 340 g/mol. The van der Waals surface area contributed by atoms with Crippen molar-refractivity contribution in [1.29, 1.82) is 0 Å². The van der Waals surface area contributed by atoms with E-state index in [2.05, 4.69) is 5.32 Å². The van der Waals surface area contributed by atoms with E-state index >= 15 is 0 Å². The number of amides is 1. The largest absolute Gasteiger partial charge is 0.491 e. The molecule has 0 heterocycles. The lowest BCUT2D eigenvalue weighted by molar-refractivity contribution is -0.384. The summed E-state index contributed by atoms with van der Waals surface area (Å²) in [6, 6.07) is 12.5. The van der Waals surface area contributed by atoms with Gasteiger partial charge in [0, 0.05) is 24.4 Å². The maximum Gasteiger partial charge on any atom is 0.269 e. The smallest absolute Gasteiger partial charge is 0.269 e. The number of rotatable bonds is 10. The Bertz CT molecular complexity index is 715. The predicted molar refractivity (Wildman–Crippen MR) is 95.7 cm³/mol. The number of carbonyl (C=O) groups excluding carboxylic acids is 1.